The summed E-state index contributed by atoms with van der Waals surface area (Å²) in [6.45, 7) is 0. The Morgan fingerprint density at radius 2 is 1.08 bits per heavy atom. The van der Waals surface area contributed by atoms with Gasteiger partial charge in [-0.25, -0.2) is 9.98 Å². The van der Waals surface area contributed by atoms with Crippen LogP contribution in [0.2, 0.25) is 0 Å². The molecule has 0 radical (unpaired) electrons. The van der Waals surface area contributed by atoms with Gasteiger partial charge in [-0.15, -0.1) is 0 Å². The number of nitrogens with zero attached hydrogens (tertiary/aromatic N) is 2. The third-order valence-corrected chi connectivity index (χ3v) is 10.8. The van der Waals surface area contributed by atoms with E-state index in [2.05, 4.69) is 170 Å². The van der Waals surface area contributed by atoms with Gasteiger partial charge in [-0.1, -0.05) is 158 Å². The predicted octanol–water partition coefficient (Wildman–Crippen LogP) is 8.45. The molecule has 7 aromatic rings. The quantitative estimate of drug-likeness (QED) is 0.188. The standard InChI is InChI=1S/C48H30N2O/c1-3-11-29(12-4-1)31-19-23-33(24-20-31)37-28-40-44-38(34-25-21-32(22-26-34)30-13-5-2-6-14-30)27-39-35-15-7-9-17-41(35)49-45(39)48(44)51-47(40)46-43(37)36-16-8-10-18-42(36)50-46/h1-28,37-38H. The maximum atomic E-state index is 7.07. The van der Waals surface area contributed by atoms with Gasteiger partial charge in [-0.2, -0.15) is 0 Å². The minimum atomic E-state index is -0.0271. The molecule has 0 fully saturated rings. The summed E-state index contributed by atoms with van der Waals surface area (Å²) in [7, 11) is 0. The molecule has 51 heavy (non-hydrogen) atoms. The lowest BCUT2D eigenvalue weighted by molar-refractivity contribution is 0.517. The number of rotatable bonds is 4. The van der Waals surface area contributed by atoms with E-state index in [1.807, 2.05) is 0 Å². The molecule has 11 rings (SSSR count). The first-order valence-corrected chi connectivity index (χ1v) is 17.6. The van der Waals surface area contributed by atoms with Crippen molar-refractivity contribution in [1.29, 1.82) is 0 Å². The summed E-state index contributed by atoms with van der Waals surface area (Å²) in [4.78, 5) is 10.5. The van der Waals surface area contributed by atoms with E-state index in [0.717, 1.165) is 55.5 Å². The highest BCUT2D eigenvalue weighted by Gasteiger charge is 2.38. The SMILES string of the molecule is C1=C2C(=Nc3ccccc32)c2oc3c(c2C1c1ccc(-c2ccccc2)cc1)=CC(c1ccc(-c2ccccc2)cc1)C1=c2ccccc2=NC=31. The largest absolute Gasteiger partial charge is 0.452 e. The van der Waals surface area contributed by atoms with Crippen molar-refractivity contribution in [2.24, 2.45) is 9.98 Å². The van der Waals surface area contributed by atoms with Gasteiger partial charge in [0.2, 0.25) is 0 Å². The molecule has 6 aromatic carbocycles. The lowest BCUT2D eigenvalue weighted by atomic mass is 9.78. The van der Waals surface area contributed by atoms with Gasteiger partial charge in [0.05, 0.1) is 11.0 Å². The molecule has 3 heteroatoms. The first kappa shape index (κ1) is 28.3. The number of hydrogen-bond donors (Lipinski definition) is 0. The highest BCUT2D eigenvalue weighted by molar-refractivity contribution is 6.36. The molecular formula is C48H30N2O. The molecular weight excluding hydrogens is 621 g/mol. The molecule has 0 saturated carbocycles. The molecule has 238 valence electrons. The summed E-state index contributed by atoms with van der Waals surface area (Å²) >= 11 is 0. The van der Waals surface area contributed by atoms with E-state index in [1.54, 1.807) is 0 Å². The monoisotopic (exact) mass is 650 g/mol. The second kappa shape index (κ2) is 11.0. The Morgan fingerprint density at radius 3 is 1.78 bits per heavy atom. The van der Waals surface area contributed by atoms with Crippen LogP contribution in [0.25, 0.3) is 45.2 Å². The molecule has 0 bridgehead atoms. The molecule has 2 aliphatic carbocycles. The zero-order valence-electron chi connectivity index (χ0n) is 27.6. The smallest absolute Gasteiger partial charge is 0.160 e. The van der Waals surface area contributed by atoms with Crippen LogP contribution in [-0.4, -0.2) is 5.71 Å². The number of para-hydroxylation sites is 2. The van der Waals surface area contributed by atoms with E-state index in [-0.39, 0.29) is 11.8 Å². The van der Waals surface area contributed by atoms with E-state index in [1.165, 1.54) is 44.2 Å². The molecule has 1 aromatic heterocycles. The van der Waals surface area contributed by atoms with Gasteiger partial charge in [0, 0.05) is 44.5 Å². The second-order valence-electron chi connectivity index (χ2n) is 13.6. The number of aliphatic imine (C=N–C) groups is 1. The highest BCUT2D eigenvalue weighted by atomic mass is 16.3. The first-order chi connectivity index (χ1) is 25.3. The van der Waals surface area contributed by atoms with E-state index in [9.17, 15) is 0 Å². The first-order valence-electron chi connectivity index (χ1n) is 17.6. The van der Waals surface area contributed by atoms with E-state index < -0.39 is 0 Å². The van der Waals surface area contributed by atoms with Crippen molar-refractivity contribution in [2.45, 2.75) is 11.8 Å². The Bertz CT molecular complexity index is 2880. The Kier molecular flexibility index (Phi) is 6.08. The van der Waals surface area contributed by atoms with Crippen molar-refractivity contribution in [3.8, 4) is 22.3 Å². The van der Waals surface area contributed by atoms with Gasteiger partial charge < -0.3 is 4.42 Å². The fourth-order valence-electron chi connectivity index (χ4n) is 8.38. The van der Waals surface area contributed by atoms with Gasteiger partial charge in [-0.3, -0.25) is 0 Å². The Labute approximate surface area is 294 Å². The van der Waals surface area contributed by atoms with Crippen LogP contribution >= 0.6 is 0 Å². The van der Waals surface area contributed by atoms with Crippen LogP contribution in [0.5, 0.6) is 0 Å². The van der Waals surface area contributed by atoms with E-state index >= 15 is 0 Å². The van der Waals surface area contributed by atoms with Crippen LogP contribution in [0.15, 0.2) is 178 Å². The zero-order chi connectivity index (χ0) is 33.5. The van der Waals surface area contributed by atoms with Crippen LogP contribution < -0.4 is 21.2 Å². The summed E-state index contributed by atoms with van der Waals surface area (Å²) in [5, 5.41) is 3.27. The average Bonchev–Trinajstić information content (AvgIpc) is 3.90. The van der Waals surface area contributed by atoms with E-state index in [0.29, 0.717) is 0 Å². The Balaban J connectivity index is 1.15. The molecule has 0 N–H and O–H groups in total. The molecule has 3 heterocycles. The second-order valence-corrected chi connectivity index (χ2v) is 13.6. The van der Waals surface area contributed by atoms with Crippen molar-refractivity contribution in [3.63, 3.8) is 0 Å². The van der Waals surface area contributed by atoms with Crippen molar-refractivity contribution in [1.82, 2.24) is 0 Å². The number of fused-ring (bicyclic) bond motifs is 9. The fourth-order valence-corrected chi connectivity index (χ4v) is 8.38. The van der Waals surface area contributed by atoms with Crippen LogP contribution in [0.4, 0.5) is 5.69 Å². The molecule has 0 amide bonds. The summed E-state index contributed by atoms with van der Waals surface area (Å²) < 4.78 is 7.07. The molecule has 3 nitrogen and oxygen atoms in total. The summed E-state index contributed by atoms with van der Waals surface area (Å²) in [5.74, 6) is 0.821. The summed E-state index contributed by atoms with van der Waals surface area (Å²) in [5.41, 5.74) is 15.6. The maximum absolute atomic E-state index is 7.07. The zero-order valence-corrected chi connectivity index (χ0v) is 27.6. The minimum absolute atomic E-state index is 0.000575. The van der Waals surface area contributed by atoms with Crippen LogP contribution in [0.3, 0.4) is 0 Å². The van der Waals surface area contributed by atoms with Crippen molar-refractivity contribution >= 4 is 34.3 Å². The lowest BCUT2D eigenvalue weighted by Gasteiger charge is -2.23. The molecule has 2 atom stereocenters. The van der Waals surface area contributed by atoms with Crippen molar-refractivity contribution in [2.75, 3.05) is 0 Å². The van der Waals surface area contributed by atoms with Crippen LogP contribution in [0.1, 0.15) is 39.8 Å². The fraction of sp³-hybridized carbons (Fsp3) is 0.0417. The number of furan rings is 1. The maximum Gasteiger partial charge on any atom is 0.160 e. The molecule has 2 aliphatic heterocycles. The third kappa shape index (κ3) is 4.31. The third-order valence-electron chi connectivity index (χ3n) is 10.8. The highest BCUT2D eigenvalue weighted by Crippen LogP contribution is 2.45. The Morgan fingerprint density at radius 1 is 0.490 bits per heavy atom. The van der Waals surface area contributed by atoms with Gasteiger partial charge >= 0.3 is 0 Å². The summed E-state index contributed by atoms with van der Waals surface area (Å²) in [6.07, 6.45) is 4.83. The lowest BCUT2D eigenvalue weighted by Crippen LogP contribution is -2.33. The van der Waals surface area contributed by atoms with E-state index in [4.69, 9.17) is 14.4 Å². The normalized spacial score (nSPS) is 17.5. The number of benzene rings is 6. The van der Waals surface area contributed by atoms with Gasteiger partial charge in [0.15, 0.2) is 11.2 Å². The summed E-state index contributed by atoms with van der Waals surface area (Å²) in [6, 6.07) is 56.1. The number of hydrogen-bond acceptors (Lipinski definition) is 3. The van der Waals surface area contributed by atoms with Crippen LogP contribution in [0, 0.1) is 0 Å². The van der Waals surface area contributed by atoms with Gasteiger partial charge in [-0.05, 0) is 45.5 Å². The topological polar surface area (TPSA) is 37.9 Å². The molecule has 4 aliphatic rings. The minimum Gasteiger partial charge on any atom is -0.452 e. The number of allylic oxidation sites excluding steroid dienone is 2. The molecule has 0 spiro atoms. The van der Waals surface area contributed by atoms with Crippen LogP contribution in [-0.2, 0) is 0 Å². The molecule has 2 unspecified atom stereocenters. The molecule has 0 saturated heterocycles. The van der Waals surface area contributed by atoms with Gasteiger partial charge in [0.25, 0.3) is 0 Å². The van der Waals surface area contributed by atoms with Gasteiger partial charge in [0.1, 0.15) is 11.4 Å². The Hall–Kier alpha value is -6.58. The predicted molar refractivity (Wildman–Crippen MR) is 205 cm³/mol. The van der Waals surface area contributed by atoms with Crippen molar-refractivity contribution < 1.29 is 4.42 Å². The van der Waals surface area contributed by atoms with Crippen molar-refractivity contribution in [3.05, 3.63) is 213 Å². The average molecular weight is 651 g/mol.